The fraction of sp³-hybridized carbons (Fsp3) is 0.667. The molecule has 172 valence electrons. The van der Waals surface area contributed by atoms with Crippen molar-refractivity contribution in [3.8, 4) is 0 Å². The van der Waals surface area contributed by atoms with E-state index >= 15 is 0 Å². The van der Waals surface area contributed by atoms with Gasteiger partial charge < -0.3 is 9.88 Å². The molecular formula is C24H34N6O2. The molecular weight excluding hydrogens is 404 g/mol. The largest absolute Gasteiger partial charge is 0.337 e. The topological polar surface area (TPSA) is 87.1 Å². The summed E-state index contributed by atoms with van der Waals surface area (Å²) in [5.41, 5.74) is 2.49. The molecule has 2 aromatic rings. The molecule has 0 bridgehead atoms. The van der Waals surface area contributed by atoms with Gasteiger partial charge in [-0.25, -0.2) is 4.98 Å². The second kappa shape index (κ2) is 9.17. The Balaban J connectivity index is 1.22. The van der Waals surface area contributed by atoms with Gasteiger partial charge in [0.25, 0.3) is 11.5 Å². The summed E-state index contributed by atoms with van der Waals surface area (Å²) >= 11 is 0. The predicted molar refractivity (Wildman–Crippen MR) is 122 cm³/mol. The molecule has 0 spiro atoms. The summed E-state index contributed by atoms with van der Waals surface area (Å²) in [4.78, 5) is 38.0. The maximum Gasteiger partial charge on any atom is 0.272 e. The first-order valence-corrected chi connectivity index (χ1v) is 12.2. The summed E-state index contributed by atoms with van der Waals surface area (Å²) < 4.78 is 1.62. The number of nitrogens with zero attached hydrogens (tertiary/aromatic N) is 5. The zero-order chi connectivity index (χ0) is 22.1. The van der Waals surface area contributed by atoms with Gasteiger partial charge >= 0.3 is 0 Å². The number of aryl methyl sites for hydroxylation is 1. The molecule has 0 aromatic carbocycles. The van der Waals surface area contributed by atoms with Gasteiger partial charge in [-0.1, -0.05) is 19.3 Å². The first-order chi connectivity index (χ1) is 15.6. The molecule has 2 aromatic heterocycles. The van der Waals surface area contributed by atoms with E-state index in [1.165, 1.54) is 32.1 Å². The van der Waals surface area contributed by atoms with E-state index in [0.29, 0.717) is 18.8 Å². The second-order valence-electron chi connectivity index (χ2n) is 9.77. The van der Waals surface area contributed by atoms with Gasteiger partial charge in [0.05, 0.1) is 11.3 Å². The Bertz CT molecular complexity index is 1010. The molecule has 1 saturated carbocycles. The van der Waals surface area contributed by atoms with E-state index in [4.69, 9.17) is 4.98 Å². The molecule has 32 heavy (non-hydrogen) atoms. The third-order valence-corrected chi connectivity index (χ3v) is 7.62. The first-order valence-electron chi connectivity index (χ1n) is 12.2. The third kappa shape index (κ3) is 4.37. The normalized spacial score (nSPS) is 21.0. The van der Waals surface area contributed by atoms with Crippen LogP contribution in [0, 0.1) is 5.92 Å². The molecule has 1 N–H and O–H groups in total. The minimum atomic E-state index is 0.0217. The molecule has 0 atom stereocenters. The number of rotatable bonds is 4. The van der Waals surface area contributed by atoms with E-state index in [-0.39, 0.29) is 17.4 Å². The Morgan fingerprint density at radius 2 is 1.91 bits per heavy atom. The number of aromatic nitrogens is 4. The van der Waals surface area contributed by atoms with Crippen LogP contribution >= 0.6 is 0 Å². The van der Waals surface area contributed by atoms with Crippen LogP contribution in [0.4, 0.5) is 0 Å². The van der Waals surface area contributed by atoms with Crippen molar-refractivity contribution in [2.24, 2.45) is 13.0 Å². The average Bonchev–Trinajstić information content (AvgIpc) is 3.25. The van der Waals surface area contributed by atoms with Crippen molar-refractivity contribution in [2.45, 2.75) is 63.8 Å². The molecule has 1 aliphatic carbocycles. The van der Waals surface area contributed by atoms with Gasteiger partial charge in [-0.05, 0) is 37.7 Å². The van der Waals surface area contributed by atoms with Gasteiger partial charge in [-0.3, -0.25) is 19.2 Å². The van der Waals surface area contributed by atoms with Crippen molar-refractivity contribution >= 4 is 5.91 Å². The van der Waals surface area contributed by atoms with Gasteiger partial charge in [-0.15, -0.1) is 0 Å². The molecule has 2 aliphatic heterocycles. The third-order valence-electron chi connectivity index (χ3n) is 7.62. The molecule has 5 rings (SSSR count). The number of aromatic amines is 1. The molecule has 8 nitrogen and oxygen atoms in total. The SMILES string of the molecule is Cn1nccc1C(=O)N1CCC(c2nc3c(c(=O)[nH]2)CN(CC2CCCCC2)CC3)CC1. The van der Waals surface area contributed by atoms with E-state index in [1.807, 2.05) is 4.90 Å². The first kappa shape index (κ1) is 21.4. The standard InChI is InChI=1S/C24H34N6O2/c1-28-21(7-11-25-28)24(32)30-13-8-18(9-14-30)22-26-20-10-12-29(16-19(20)23(31)27-22)15-17-5-3-2-4-6-17/h7,11,17-18H,2-6,8-10,12-16H2,1H3,(H,26,27,31). The molecule has 0 radical (unpaired) electrons. The molecule has 1 saturated heterocycles. The van der Waals surface area contributed by atoms with Gasteiger partial charge in [-0.2, -0.15) is 5.10 Å². The number of nitrogens with one attached hydrogen (secondary N) is 1. The van der Waals surface area contributed by atoms with Crippen LogP contribution < -0.4 is 5.56 Å². The van der Waals surface area contributed by atoms with Crippen LogP contribution in [0.5, 0.6) is 0 Å². The van der Waals surface area contributed by atoms with E-state index < -0.39 is 0 Å². The maximum atomic E-state index is 12.9. The van der Waals surface area contributed by atoms with E-state index in [2.05, 4.69) is 15.0 Å². The van der Waals surface area contributed by atoms with Crippen molar-refractivity contribution in [1.82, 2.24) is 29.5 Å². The number of hydrogen-bond acceptors (Lipinski definition) is 5. The van der Waals surface area contributed by atoms with Crippen molar-refractivity contribution in [2.75, 3.05) is 26.2 Å². The lowest BCUT2D eigenvalue weighted by Gasteiger charge is -2.34. The van der Waals surface area contributed by atoms with Crippen LogP contribution in [-0.4, -0.2) is 61.6 Å². The number of carbonyl (C=O) groups excluding carboxylic acids is 1. The molecule has 8 heteroatoms. The monoisotopic (exact) mass is 438 g/mol. The highest BCUT2D eigenvalue weighted by molar-refractivity contribution is 5.92. The number of H-pyrrole nitrogens is 1. The Kier molecular flexibility index (Phi) is 6.13. The summed E-state index contributed by atoms with van der Waals surface area (Å²) in [5, 5.41) is 4.10. The second-order valence-corrected chi connectivity index (χ2v) is 9.77. The Labute approximate surface area is 189 Å². The number of amides is 1. The maximum absolute atomic E-state index is 12.9. The minimum Gasteiger partial charge on any atom is -0.337 e. The minimum absolute atomic E-state index is 0.0217. The van der Waals surface area contributed by atoms with Crippen molar-refractivity contribution in [3.05, 3.63) is 45.4 Å². The van der Waals surface area contributed by atoms with Gasteiger partial charge in [0.15, 0.2) is 0 Å². The lowest BCUT2D eigenvalue weighted by Crippen LogP contribution is -2.41. The van der Waals surface area contributed by atoms with Crippen LogP contribution in [0.2, 0.25) is 0 Å². The van der Waals surface area contributed by atoms with Crippen LogP contribution in [0.15, 0.2) is 17.1 Å². The fourth-order valence-corrected chi connectivity index (χ4v) is 5.69. The highest BCUT2D eigenvalue weighted by atomic mass is 16.2. The van der Waals surface area contributed by atoms with Crippen LogP contribution in [0.1, 0.15) is 78.4 Å². The van der Waals surface area contributed by atoms with Gasteiger partial charge in [0.2, 0.25) is 0 Å². The highest BCUT2D eigenvalue weighted by Gasteiger charge is 2.29. The van der Waals surface area contributed by atoms with Crippen LogP contribution in [-0.2, 0) is 20.0 Å². The number of hydrogen-bond donors (Lipinski definition) is 1. The fourth-order valence-electron chi connectivity index (χ4n) is 5.69. The zero-order valence-electron chi connectivity index (χ0n) is 19.1. The smallest absolute Gasteiger partial charge is 0.272 e. The van der Waals surface area contributed by atoms with E-state index in [9.17, 15) is 9.59 Å². The van der Waals surface area contributed by atoms with Crippen LogP contribution in [0.25, 0.3) is 0 Å². The lowest BCUT2D eigenvalue weighted by atomic mass is 9.88. The van der Waals surface area contributed by atoms with E-state index in [1.54, 1.807) is 24.0 Å². The summed E-state index contributed by atoms with van der Waals surface area (Å²) in [6, 6.07) is 1.76. The Hall–Kier alpha value is -2.48. The molecule has 0 unspecified atom stereocenters. The number of fused-ring (bicyclic) bond motifs is 1. The molecule has 2 fully saturated rings. The average molecular weight is 439 g/mol. The zero-order valence-corrected chi connectivity index (χ0v) is 19.1. The Morgan fingerprint density at radius 1 is 1.12 bits per heavy atom. The summed E-state index contributed by atoms with van der Waals surface area (Å²) in [6.07, 6.45) is 10.9. The summed E-state index contributed by atoms with van der Waals surface area (Å²) in [6.45, 7) is 4.18. The highest BCUT2D eigenvalue weighted by Crippen LogP contribution is 2.28. The molecule has 3 aliphatic rings. The molecule has 4 heterocycles. The predicted octanol–water partition coefficient (Wildman–Crippen LogP) is 2.46. The van der Waals surface area contributed by atoms with Crippen molar-refractivity contribution in [3.63, 3.8) is 0 Å². The van der Waals surface area contributed by atoms with Crippen molar-refractivity contribution < 1.29 is 4.79 Å². The molecule has 1 amide bonds. The Morgan fingerprint density at radius 3 is 2.62 bits per heavy atom. The van der Waals surface area contributed by atoms with Gasteiger partial charge in [0, 0.05) is 58.3 Å². The van der Waals surface area contributed by atoms with E-state index in [0.717, 1.165) is 61.9 Å². The lowest BCUT2D eigenvalue weighted by molar-refractivity contribution is 0.0699. The summed E-state index contributed by atoms with van der Waals surface area (Å²) in [5.74, 6) is 1.82. The number of likely N-dealkylation sites (tertiary alicyclic amines) is 1. The quantitative estimate of drug-likeness (QED) is 0.792. The number of carbonyl (C=O) groups is 1. The number of piperidine rings is 1. The summed E-state index contributed by atoms with van der Waals surface area (Å²) in [7, 11) is 1.79. The van der Waals surface area contributed by atoms with Crippen LogP contribution in [0.3, 0.4) is 0 Å². The van der Waals surface area contributed by atoms with Crippen molar-refractivity contribution in [1.29, 1.82) is 0 Å². The van der Waals surface area contributed by atoms with Gasteiger partial charge in [0.1, 0.15) is 11.5 Å².